The molecule has 0 spiro atoms. The number of hydrogen-bond donors (Lipinski definition) is 1. The van der Waals surface area contributed by atoms with E-state index in [1.807, 2.05) is 24.7 Å². The molecule has 0 aliphatic rings. The van der Waals surface area contributed by atoms with E-state index in [0.29, 0.717) is 13.0 Å². The standard InChI is InChI=1S/C12H18N6O2/c1-9-13-15-11(17(9)2)8-18-7-10(14-16-18)5-3-4-6-12(19)20/h7H,3-6,8H2,1-2H3,(H,19,20). The van der Waals surface area contributed by atoms with Crippen molar-refractivity contribution in [1.29, 1.82) is 0 Å². The average Bonchev–Trinajstić information content (AvgIpc) is 2.97. The van der Waals surface area contributed by atoms with Crippen LogP contribution in [0.2, 0.25) is 0 Å². The molecule has 20 heavy (non-hydrogen) atoms. The van der Waals surface area contributed by atoms with Crippen LogP contribution in [0.25, 0.3) is 0 Å². The van der Waals surface area contributed by atoms with Gasteiger partial charge in [0.25, 0.3) is 0 Å². The summed E-state index contributed by atoms with van der Waals surface area (Å²) in [4.78, 5) is 10.4. The van der Waals surface area contributed by atoms with Gasteiger partial charge in [0.1, 0.15) is 12.4 Å². The molecule has 0 atom stereocenters. The summed E-state index contributed by atoms with van der Waals surface area (Å²) in [5, 5.41) is 24.7. The molecule has 0 radical (unpaired) electrons. The molecule has 2 aromatic rings. The first-order chi connectivity index (χ1) is 9.56. The summed E-state index contributed by atoms with van der Waals surface area (Å²) in [6.45, 7) is 2.42. The number of aromatic nitrogens is 6. The SMILES string of the molecule is Cc1nnc(Cn2cc(CCCCC(=O)O)nn2)n1C. The third kappa shape index (κ3) is 3.62. The predicted octanol–water partition coefficient (Wildman–Crippen LogP) is 0.561. The molecule has 2 heterocycles. The maximum absolute atomic E-state index is 10.4. The molecule has 0 saturated heterocycles. The Morgan fingerprint density at radius 2 is 2.10 bits per heavy atom. The number of hydrogen-bond acceptors (Lipinski definition) is 5. The molecule has 0 aliphatic heterocycles. The minimum atomic E-state index is -0.758. The van der Waals surface area contributed by atoms with Crippen LogP contribution in [0.15, 0.2) is 6.20 Å². The van der Waals surface area contributed by atoms with Crippen LogP contribution in [0.1, 0.15) is 36.6 Å². The molecule has 8 nitrogen and oxygen atoms in total. The number of rotatable bonds is 7. The van der Waals surface area contributed by atoms with Gasteiger partial charge in [-0.3, -0.25) is 4.79 Å². The molecular formula is C12H18N6O2. The molecule has 0 bridgehead atoms. The van der Waals surface area contributed by atoms with Gasteiger partial charge in [-0.05, 0) is 26.2 Å². The Kier molecular flexibility index (Phi) is 4.44. The van der Waals surface area contributed by atoms with E-state index in [1.54, 1.807) is 4.68 Å². The van der Waals surface area contributed by atoms with Crippen molar-refractivity contribution in [3.05, 3.63) is 23.5 Å². The second kappa shape index (κ2) is 6.27. The molecule has 0 unspecified atom stereocenters. The van der Waals surface area contributed by atoms with Gasteiger partial charge >= 0.3 is 5.97 Å². The molecule has 8 heteroatoms. The van der Waals surface area contributed by atoms with Gasteiger partial charge in [0.05, 0.1) is 5.69 Å². The smallest absolute Gasteiger partial charge is 0.303 e. The Morgan fingerprint density at radius 1 is 1.30 bits per heavy atom. The largest absolute Gasteiger partial charge is 0.481 e. The fourth-order valence-corrected chi connectivity index (χ4v) is 1.85. The molecule has 108 valence electrons. The number of carbonyl (C=O) groups is 1. The van der Waals surface area contributed by atoms with Gasteiger partial charge in [-0.1, -0.05) is 5.21 Å². The number of aryl methyl sites for hydroxylation is 2. The van der Waals surface area contributed by atoms with E-state index in [2.05, 4.69) is 20.5 Å². The summed E-state index contributed by atoms with van der Waals surface area (Å²) < 4.78 is 3.63. The molecule has 0 aliphatic carbocycles. The lowest BCUT2D eigenvalue weighted by molar-refractivity contribution is -0.137. The van der Waals surface area contributed by atoms with Gasteiger partial charge in [0.2, 0.25) is 0 Å². The zero-order chi connectivity index (χ0) is 14.5. The fraction of sp³-hybridized carbons (Fsp3) is 0.583. The normalized spacial score (nSPS) is 10.9. The number of unbranched alkanes of at least 4 members (excludes halogenated alkanes) is 1. The topological polar surface area (TPSA) is 98.7 Å². The molecule has 1 N–H and O–H groups in total. The third-order valence-corrected chi connectivity index (χ3v) is 3.15. The maximum atomic E-state index is 10.4. The van der Waals surface area contributed by atoms with E-state index >= 15 is 0 Å². The predicted molar refractivity (Wildman–Crippen MR) is 70.1 cm³/mol. The fourth-order valence-electron chi connectivity index (χ4n) is 1.85. The Morgan fingerprint density at radius 3 is 2.75 bits per heavy atom. The highest BCUT2D eigenvalue weighted by Crippen LogP contribution is 2.05. The number of nitrogens with zero attached hydrogens (tertiary/aromatic N) is 6. The molecule has 2 rings (SSSR count). The van der Waals surface area contributed by atoms with Crippen LogP contribution >= 0.6 is 0 Å². The quantitative estimate of drug-likeness (QED) is 0.743. The zero-order valence-corrected chi connectivity index (χ0v) is 11.7. The van der Waals surface area contributed by atoms with Crippen LogP contribution in [0.4, 0.5) is 0 Å². The minimum absolute atomic E-state index is 0.201. The van der Waals surface area contributed by atoms with E-state index in [9.17, 15) is 4.79 Å². The second-order valence-corrected chi connectivity index (χ2v) is 4.73. The molecule has 0 fully saturated rings. The highest BCUT2D eigenvalue weighted by Gasteiger charge is 2.08. The third-order valence-electron chi connectivity index (χ3n) is 3.15. The Hall–Kier alpha value is -2.25. The summed E-state index contributed by atoms with van der Waals surface area (Å²) in [5.41, 5.74) is 0.870. The van der Waals surface area contributed by atoms with Crippen LogP contribution in [0.5, 0.6) is 0 Å². The van der Waals surface area contributed by atoms with Gasteiger partial charge in [0, 0.05) is 19.7 Å². The summed E-state index contributed by atoms with van der Waals surface area (Å²) in [5.74, 6) is 0.921. The zero-order valence-electron chi connectivity index (χ0n) is 11.7. The van der Waals surface area contributed by atoms with Gasteiger partial charge in [-0.15, -0.1) is 15.3 Å². The van der Waals surface area contributed by atoms with Crippen molar-refractivity contribution >= 4 is 5.97 Å². The highest BCUT2D eigenvalue weighted by molar-refractivity contribution is 5.66. The number of carboxylic acids is 1. The highest BCUT2D eigenvalue weighted by atomic mass is 16.4. The molecule has 0 aromatic carbocycles. The molecular weight excluding hydrogens is 260 g/mol. The van der Waals surface area contributed by atoms with Crippen molar-refractivity contribution in [2.75, 3.05) is 0 Å². The Balaban J connectivity index is 1.86. The Labute approximate surface area is 116 Å². The van der Waals surface area contributed by atoms with Crippen molar-refractivity contribution < 1.29 is 9.90 Å². The van der Waals surface area contributed by atoms with Crippen molar-refractivity contribution in [2.45, 2.75) is 39.2 Å². The van der Waals surface area contributed by atoms with E-state index in [1.165, 1.54) is 0 Å². The molecule has 2 aromatic heterocycles. The summed E-state index contributed by atoms with van der Waals surface area (Å²) >= 11 is 0. The van der Waals surface area contributed by atoms with Gasteiger partial charge in [-0.25, -0.2) is 4.68 Å². The van der Waals surface area contributed by atoms with Crippen molar-refractivity contribution in [2.24, 2.45) is 7.05 Å². The first kappa shape index (κ1) is 14.2. The van der Waals surface area contributed by atoms with Crippen molar-refractivity contribution in [3.63, 3.8) is 0 Å². The first-order valence-electron chi connectivity index (χ1n) is 6.52. The van der Waals surface area contributed by atoms with Crippen LogP contribution < -0.4 is 0 Å². The van der Waals surface area contributed by atoms with Crippen LogP contribution in [0.3, 0.4) is 0 Å². The first-order valence-corrected chi connectivity index (χ1v) is 6.52. The molecule has 0 saturated carbocycles. The number of carboxylic acid groups (broad SMARTS) is 1. The minimum Gasteiger partial charge on any atom is -0.481 e. The van der Waals surface area contributed by atoms with Crippen molar-refractivity contribution in [3.8, 4) is 0 Å². The summed E-state index contributed by atoms with van der Waals surface area (Å²) in [6.07, 6.45) is 4.26. The maximum Gasteiger partial charge on any atom is 0.303 e. The Bertz CT molecular complexity index is 589. The molecule has 0 amide bonds. The average molecular weight is 278 g/mol. The van der Waals surface area contributed by atoms with Gasteiger partial charge in [0.15, 0.2) is 5.82 Å². The summed E-state index contributed by atoms with van der Waals surface area (Å²) in [6, 6.07) is 0. The van der Waals surface area contributed by atoms with E-state index in [0.717, 1.165) is 30.2 Å². The van der Waals surface area contributed by atoms with E-state index in [4.69, 9.17) is 5.11 Å². The lowest BCUT2D eigenvalue weighted by Gasteiger charge is -2.00. The van der Waals surface area contributed by atoms with E-state index < -0.39 is 5.97 Å². The monoisotopic (exact) mass is 278 g/mol. The lowest BCUT2D eigenvalue weighted by Crippen LogP contribution is -2.07. The van der Waals surface area contributed by atoms with Crippen molar-refractivity contribution in [1.82, 2.24) is 29.8 Å². The van der Waals surface area contributed by atoms with Crippen LogP contribution in [0, 0.1) is 6.92 Å². The number of aliphatic carboxylic acids is 1. The lowest BCUT2D eigenvalue weighted by atomic mass is 10.1. The van der Waals surface area contributed by atoms with Gasteiger partial charge in [-0.2, -0.15) is 0 Å². The van der Waals surface area contributed by atoms with Crippen LogP contribution in [-0.4, -0.2) is 40.8 Å². The van der Waals surface area contributed by atoms with Gasteiger partial charge < -0.3 is 9.67 Å². The second-order valence-electron chi connectivity index (χ2n) is 4.73. The van der Waals surface area contributed by atoms with Crippen LogP contribution in [-0.2, 0) is 24.8 Å². The van der Waals surface area contributed by atoms with E-state index in [-0.39, 0.29) is 6.42 Å². The summed E-state index contributed by atoms with van der Waals surface area (Å²) in [7, 11) is 1.91.